The fraction of sp³-hybridized carbons (Fsp3) is 0.818. The molecule has 0 aliphatic carbocycles. The SMILES string of the molecule is CC(N(C)C(=O)OC(C)(C)C)C(F)(F)CC(=O)O. The average Bonchev–Trinajstić information content (AvgIpc) is 2.10. The normalized spacial score (nSPS) is 13.9. The van der Waals surface area contributed by atoms with Crippen LogP contribution in [0.1, 0.15) is 34.1 Å². The van der Waals surface area contributed by atoms with Gasteiger partial charge in [0, 0.05) is 7.05 Å². The predicted molar refractivity (Wildman–Crippen MR) is 60.7 cm³/mol. The van der Waals surface area contributed by atoms with E-state index in [9.17, 15) is 18.4 Å². The molecule has 5 nitrogen and oxygen atoms in total. The first-order valence-electron chi connectivity index (χ1n) is 5.42. The van der Waals surface area contributed by atoms with E-state index in [0.29, 0.717) is 4.90 Å². The van der Waals surface area contributed by atoms with Gasteiger partial charge in [-0.15, -0.1) is 0 Å². The quantitative estimate of drug-likeness (QED) is 0.849. The zero-order valence-corrected chi connectivity index (χ0v) is 11.2. The van der Waals surface area contributed by atoms with Gasteiger partial charge in [0.05, 0.1) is 6.04 Å². The van der Waals surface area contributed by atoms with Crippen molar-refractivity contribution in [1.82, 2.24) is 4.90 Å². The smallest absolute Gasteiger partial charge is 0.410 e. The highest BCUT2D eigenvalue weighted by Crippen LogP contribution is 2.27. The largest absolute Gasteiger partial charge is 0.481 e. The molecule has 0 aliphatic rings. The standard InChI is InChI=1S/C11H19F2NO4/c1-7(11(12,13)6-8(15)16)14(5)9(17)18-10(2,3)4/h7H,6H2,1-5H3,(H,15,16). The lowest BCUT2D eigenvalue weighted by molar-refractivity contribution is -0.149. The molecule has 0 aliphatic heterocycles. The number of carboxylic acid groups (broad SMARTS) is 1. The summed E-state index contributed by atoms with van der Waals surface area (Å²) in [7, 11) is 1.15. The Balaban J connectivity index is 4.73. The summed E-state index contributed by atoms with van der Waals surface area (Å²) in [5.41, 5.74) is -0.798. The summed E-state index contributed by atoms with van der Waals surface area (Å²) in [5, 5.41) is 8.39. The maximum Gasteiger partial charge on any atom is 0.410 e. The summed E-state index contributed by atoms with van der Waals surface area (Å²) in [5.74, 6) is -5.14. The van der Waals surface area contributed by atoms with Gasteiger partial charge >= 0.3 is 12.1 Å². The van der Waals surface area contributed by atoms with Crippen LogP contribution in [0.5, 0.6) is 0 Å². The minimum absolute atomic E-state index is 0.703. The number of halogens is 2. The highest BCUT2D eigenvalue weighted by Gasteiger charge is 2.43. The van der Waals surface area contributed by atoms with Crippen molar-refractivity contribution in [2.75, 3.05) is 7.05 Å². The first kappa shape index (κ1) is 16.6. The molecule has 0 aromatic carbocycles. The molecule has 0 spiro atoms. The number of hydrogen-bond acceptors (Lipinski definition) is 3. The van der Waals surface area contributed by atoms with Crippen molar-refractivity contribution in [3.8, 4) is 0 Å². The van der Waals surface area contributed by atoms with Gasteiger partial charge in [-0.2, -0.15) is 0 Å². The van der Waals surface area contributed by atoms with Crippen LogP contribution in [0.2, 0.25) is 0 Å². The molecular formula is C11H19F2NO4. The van der Waals surface area contributed by atoms with Crippen LogP contribution in [0.3, 0.4) is 0 Å². The Morgan fingerprint density at radius 3 is 2.11 bits per heavy atom. The lowest BCUT2D eigenvalue weighted by Gasteiger charge is -2.32. The molecule has 1 atom stereocenters. The third-order valence-corrected chi connectivity index (χ3v) is 2.26. The van der Waals surface area contributed by atoms with Crippen molar-refractivity contribution in [1.29, 1.82) is 0 Å². The van der Waals surface area contributed by atoms with Crippen LogP contribution in [-0.2, 0) is 9.53 Å². The fourth-order valence-corrected chi connectivity index (χ4v) is 1.12. The molecule has 0 saturated carbocycles. The van der Waals surface area contributed by atoms with E-state index < -0.39 is 36.0 Å². The molecule has 0 rings (SSSR count). The van der Waals surface area contributed by atoms with Gasteiger partial charge in [-0.25, -0.2) is 13.6 Å². The number of hydrogen-bond donors (Lipinski definition) is 1. The Morgan fingerprint density at radius 2 is 1.78 bits per heavy atom. The van der Waals surface area contributed by atoms with Crippen molar-refractivity contribution >= 4 is 12.1 Å². The first-order valence-corrected chi connectivity index (χ1v) is 5.42. The Bertz CT molecular complexity index is 325. The van der Waals surface area contributed by atoms with Crippen LogP contribution in [0, 0.1) is 0 Å². The summed E-state index contributed by atoms with van der Waals surface area (Å²) in [6, 6.07) is -1.57. The van der Waals surface area contributed by atoms with Crippen molar-refractivity contribution in [2.24, 2.45) is 0 Å². The van der Waals surface area contributed by atoms with E-state index in [2.05, 4.69) is 0 Å². The Morgan fingerprint density at radius 1 is 1.33 bits per heavy atom. The molecule has 18 heavy (non-hydrogen) atoms. The zero-order chi connectivity index (χ0) is 14.7. The van der Waals surface area contributed by atoms with Gasteiger partial charge in [0.25, 0.3) is 5.92 Å². The van der Waals surface area contributed by atoms with E-state index in [1.807, 2.05) is 0 Å². The topological polar surface area (TPSA) is 66.8 Å². The molecule has 7 heteroatoms. The Labute approximate surface area is 105 Å². The maximum atomic E-state index is 13.5. The Hall–Kier alpha value is -1.40. The zero-order valence-electron chi connectivity index (χ0n) is 11.2. The molecule has 0 radical (unpaired) electrons. The second-order valence-corrected chi connectivity index (χ2v) is 5.10. The number of carbonyl (C=O) groups excluding carboxylic acids is 1. The molecule has 106 valence electrons. The molecule has 0 aromatic rings. The van der Waals surface area contributed by atoms with Crippen LogP contribution in [-0.4, -0.2) is 46.7 Å². The molecule has 1 N–H and O–H groups in total. The lowest BCUT2D eigenvalue weighted by atomic mass is 10.1. The molecule has 0 bridgehead atoms. The van der Waals surface area contributed by atoms with Crippen molar-refractivity contribution in [2.45, 2.75) is 51.7 Å². The summed E-state index contributed by atoms with van der Waals surface area (Å²) < 4.78 is 31.9. The van der Waals surface area contributed by atoms with Gasteiger partial charge in [0.1, 0.15) is 12.0 Å². The molecule has 0 fully saturated rings. The van der Waals surface area contributed by atoms with E-state index >= 15 is 0 Å². The van der Waals surface area contributed by atoms with Crippen LogP contribution in [0.15, 0.2) is 0 Å². The second-order valence-electron chi connectivity index (χ2n) is 5.10. The van der Waals surface area contributed by atoms with Crippen molar-refractivity contribution in [3.63, 3.8) is 0 Å². The van der Waals surface area contributed by atoms with E-state index in [0.717, 1.165) is 14.0 Å². The molecule has 1 unspecified atom stereocenters. The number of alkyl halides is 2. The van der Waals surface area contributed by atoms with E-state index in [4.69, 9.17) is 9.84 Å². The van der Waals surface area contributed by atoms with Gasteiger partial charge in [-0.3, -0.25) is 4.79 Å². The second kappa shape index (κ2) is 5.49. The number of nitrogens with zero attached hydrogens (tertiary/aromatic N) is 1. The van der Waals surface area contributed by atoms with Crippen LogP contribution in [0.25, 0.3) is 0 Å². The molecule has 0 heterocycles. The molecular weight excluding hydrogens is 248 g/mol. The van der Waals surface area contributed by atoms with E-state index in [1.165, 1.54) is 0 Å². The summed E-state index contributed by atoms with van der Waals surface area (Å²) in [6.07, 6.45) is -2.25. The van der Waals surface area contributed by atoms with Crippen molar-refractivity contribution in [3.05, 3.63) is 0 Å². The highest BCUT2D eigenvalue weighted by atomic mass is 19.3. The predicted octanol–water partition coefficient (Wildman–Crippen LogP) is 2.35. The third-order valence-electron chi connectivity index (χ3n) is 2.26. The van der Waals surface area contributed by atoms with Gasteiger partial charge in [-0.05, 0) is 27.7 Å². The van der Waals surface area contributed by atoms with E-state index in [-0.39, 0.29) is 0 Å². The monoisotopic (exact) mass is 267 g/mol. The number of ether oxygens (including phenoxy) is 1. The van der Waals surface area contributed by atoms with E-state index in [1.54, 1.807) is 20.8 Å². The number of rotatable bonds is 4. The van der Waals surface area contributed by atoms with Gasteiger partial charge in [0.15, 0.2) is 0 Å². The van der Waals surface area contributed by atoms with Crippen LogP contribution < -0.4 is 0 Å². The number of carboxylic acids is 1. The highest BCUT2D eigenvalue weighted by molar-refractivity contribution is 5.70. The summed E-state index contributed by atoms with van der Waals surface area (Å²) >= 11 is 0. The lowest BCUT2D eigenvalue weighted by Crippen LogP contribution is -2.49. The Kier molecular flexibility index (Phi) is 5.07. The first-order chi connectivity index (χ1) is 7.87. The number of amides is 1. The number of carbonyl (C=O) groups is 2. The molecule has 0 aromatic heterocycles. The van der Waals surface area contributed by atoms with Gasteiger partial charge in [-0.1, -0.05) is 0 Å². The minimum Gasteiger partial charge on any atom is -0.481 e. The van der Waals surface area contributed by atoms with Gasteiger partial charge < -0.3 is 14.7 Å². The fourth-order valence-electron chi connectivity index (χ4n) is 1.12. The average molecular weight is 267 g/mol. The molecule has 0 saturated heterocycles. The van der Waals surface area contributed by atoms with Crippen LogP contribution >= 0.6 is 0 Å². The van der Waals surface area contributed by atoms with Crippen molar-refractivity contribution < 1.29 is 28.2 Å². The summed E-state index contributed by atoms with van der Waals surface area (Å²) in [4.78, 5) is 22.6. The van der Waals surface area contributed by atoms with Crippen LogP contribution in [0.4, 0.5) is 13.6 Å². The third kappa shape index (κ3) is 5.29. The number of aliphatic carboxylic acids is 1. The maximum absolute atomic E-state index is 13.5. The summed E-state index contributed by atoms with van der Waals surface area (Å²) in [6.45, 7) is 5.91. The van der Waals surface area contributed by atoms with Gasteiger partial charge in [0.2, 0.25) is 0 Å². The minimum atomic E-state index is -3.52. The molecule has 1 amide bonds.